The van der Waals surface area contributed by atoms with Crippen molar-refractivity contribution < 1.29 is 9.84 Å². The molecule has 1 heterocycles. The zero-order valence-corrected chi connectivity index (χ0v) is 13.5. The summed E-state index contributed by atoms with van der Waals surface area (Å²) in [5.41, 5.74) is 3.29. The number of rotatable bonds is 5. The quantitative estimate of drug-likeness (QED) is 0.918. The van der Waals surface area contributed by atoms with Crippen molar-refractivity contribution in [1.29, 1.82) is 0 Å². The number of para-hydroxylation sites is 1. The normalized spacial score (nSPS) is 21.3. The molecule has 1 aliphatic rings. The van der Waals surface area contributed by atoms with Gasteiger partial charge in [0, 0.05) is 18.2 Å². The molecule has 1 N–H and O–H groups in total. The van der Waals surface area contributed by atoms with Gasteiger partial charge in [0.15, 0.2) is 0 Å². The van der Waals surface area contributed by atoms with Crippen molar-refractivity contribution in [3.63, 3.8) is 0 Å². The maximum absolute atomic E-state index is 9.76. The van der Waals surface area contributed by atoms with E-state index in [9.17, 15) is 5.11 Å². The molecule has 0 radical (unpaired) electrons. The number of aliphatic hydroxyl groups is 1. The minimum Gasteiger partial charge on any atom is -0.491 e. The van der Waals surface area contributed by atoms with Gasteiger partial charge in [-0.05, 0) is 30.7 Å². The van der Waals surface area contributed by atoms with E-state index < -0.39 is 0 Å². The first-order valence-electron chi connectivity index (χ1n) is 8.01. The molecule has 0 saturated carbocycles. The summed E-state index contributed by atoms with van der Waals surface area (Å²) in [4.78, 5) is 2.16. The van der Waals surface area contributed by atoms with Crippen LogP contribution < -0.4 is 4.74 Å². The molecule has 23 heavy (non-hydrogen) atoms. The lowest BCUT2D eigenvalue weighted by Gasteiger charge is -2.20. The van der Waals surface area contributed by atoms with Crippen molar-refractivity contribution in [2.75, 3.05) is 20.2 Å². The van der Waals surface area contributed by atoms with Gasteiger partial charge in [-0.25, -0.2) is 0 Å². The van der Waals surface area contributed by atoms with Crippen LogP contribution in [0.5, 0.6) is 5.75 Å². The summed E-state index contributed by atoms with van der Waals surface area (Å²) in [6.45, 7) is 5.20. The third-order valence-electron chi connectivity index (χ3n) is 4.46. The summed E-state index contributed by atoms with van der Waals surface area (Å²) >= 11 is 0. The summed E-state index contributed by atoms with van der Waals surface area (Å²) in [5.74, 6) is 0.872. The summed E-state index contributed by atoms with van der Waals surface area (Å²) in [5, 5.41) is 9.76. The lowest BCUT2D eigenvalue weighted by atomic mass is 9.99. The second-order valence-corrected chi connectivity index (χ2v) is 6.08. The van der Waals surface area contributed by atoms with Crippen molar-refractivity contribution in [3.05, 3.63) is 60.7 Å². The molecule has 0 amide bonds. The van der Waals surface area contributed by atoms with Crippen LogP contribution in [0.3, 0.4) is 0 Å². The lowest BCUT2D eigenvalue weighted by Crippen LogP contribution is -2.30. The Labute approximate surface area is 137 Å². The zero-order chi connectivity index (χ0) is 16.2. The molecule has 3 nitrogen and oxygen atoms in total. The third kappa shape index (κ3) is 3.46. The molecule has 2 aromatic carbocycles. The highest BCUT2D eigenvalue weighted by Crippen LogP contribution is 2.33. The number of hydrogen-bond acceptors (Lipinski definition) is 3. The number of nitrogens with zero attached hydrogens (tertiary/aromatic N) is 1. The minimum absolute atomic E-state index is 0.245. The number of likely N-dealkylation sites (tertiary alicyclic amines) is 1. The van der Waals surface area contributed by atoms with Crippen molar-refractivity contribution in [2.24, 2.45) is 0 Å². The SMILES string of the molecule is C=Cc1ccccc1-c1ccccc1OCC1CC(O)CN1C. The summed E-state index contributed by atoms with van der Waals surface area (Å²) in [7, 11) is 2.03. The molecule has 3 heteroatoms. The van der Waals surface area contributed by atoms with E-state index in [1.165, 1.54) is 0 Å². The summed E-state index contributed by atoms with van der Waals surface area (Å²) < 4.78 is 6.11. The molecule has 0 spiro atoms. The van der Waals surface area contributed by atoms with Crippen molar-refractivity contribution in [1.82, 2.24) is 4.90 Å². The van der Waals surface area contributed by atoms with Gasteiger partial charge in [0.2, 0.25) is 0 Å². The second-order valence-electron chi connectivity index (χ2n) is 6.08. The molecule has 2 aromatic rings. The highest BCUT2D eigenvalue weighted by atomic mass is 16.5. The Balaban J connectivity index is 1.82. The van der Waals surface area contributed by atoms with E-state index in [1.54, 1.807) is 0 Å². The van der Waals surface area contributed by atoms with Crippen LogP contribution in [-0.2, 0) is 0 Å². The molecule has 0 aliphatic carbocycles. The largest absolute Gasteiger partial charge is 0.491 e. The molecular formula is C20H23NO2. The van der Waals surface area contributed by atoms with Crippen molar-refractivity contribution >= 4 is 6.08 Å². The van der Waals surface area contributed by atoms with Gasteiger partial charge in [0.25, 0.3) is 0 Å². The van der Waals surface area contributed by atoms with Crippen LogP contribution >= 0.6 is 0 Å². The monoisotopic (exact) mass is 309 g/mol. The van der Waals surface area contributed by atoms with Crippen LogP contribution in [0.25, 0.3) is 17.2 Å². The Morgan fingerprint density at radius 1 is 1.17 bits per heavy atom. The van der Waals surface area contributed by atoms with E-state index in [-0.39, 0.29) is 12.1 Å². The molecule has 0 aromatic heterocycles. The third-order valence-corrected chi connectivity index (χ3v) is 4.46. The highest BCUT2D eigenvalue weighted by molar-refractivity contribution is 5.78. The maximum atomic E-state index is 9.76. The summed E-state index contributed by atoms with van der Waals surface area (Å²) in [6, 6.07) is 16.5. The van der Waals surface area contributed by atoms with E-state index in [4.69, 9.17) is 4.74 Å². The van der Waals surface area contributed by atoms with Crippen LogP contribution in [0, 0.1) is 0 Å². The number of benzene rings is 2. The fraction of sp³-hybridized carbons (Fsp3) is 0.300. The molecule has 2 unspecified atom stereocenters. The Bertz CT molecular complexity index is 683. The predicted molar refractivity (Wildman–Crippen MR) is 94.5 cm³/mol. The zero-order valence-electron chi connectivity index (χ0n) is 13.5. The van der Waals surface area contributed by atoms with Crippen LogP contribution in [0.2, 0.25) is 0 Å². The molecule has 0 bridgehead atoms. The molecule has 120 valence electrons. The number of hydrogen-bond donors (Lipinski definition) is 1. The number of likely N-dealkylation sites (N-methyl/N-ethyl adjacent to an activating group) is 1. The van der Waals surface area contributed by atoms with E-state index in [1.807, 2.05) is 43.5 Å². The molecule has 3 rings (SSSR count). The van der Waals surface area contributed by atoms with Crippen LogP contribution in [0.4, 0.5) is 0 Å². The van der Waals surface area contributed by atoms with Gasteiger partial charge in [0.1, 0.15) is 12.4 Å². The summed E-state index contributed by atoms with van der Waals surface area (Å²) in [6.07, 6.45) is 2.39. The Kier molecular flexibility index (Phi) is 4.79. The number of ether oxygens (including phenoxy) is 1. The van der Waals surface area contributed by atoms with E-state index in [0.29, 0.717) is 6.61 Å². The first-order chi connectivity index (χ1) is 11.2. The first kappa shape index (κ1) is 15.8. The van der Waals surface area contributed by atoms with E-state index in [2.05, 4.69) is 29.7 Å². The standard InChI is InChI=1S/C20H23NO2/c1-3-15-8-4-5-9-18(15)19-10-6-7-11-20(19)23-14-16-12-17(22)13-21(16)2/h3-11,16-17,22H,1,12-14H2,2H3. The van der Waals surface area contributed by atoms with Gasteiger partial charge in [0.05, 0.1) is 6.10 Å². The smallest absolute Gasteiger partial charge is 0.127 e. The van der Waals surface area contributed by atoms with Crippen molar-refractivity contribution in [2.45, 2.75) is 18.6 Å². The lowest BCUT2D eigenvalue weighted by molar-refractivity contribution is 0.182. The maximum Gasteiger partial charge on any atom is 0.127 e. The molecule has 2 atom stereocenters. The van der Waals surface area contributed by atoms with Crippen LogP contribution in [0.15, 0.2) is 55.1 Å². The Morgan fingerprint density at radius 3 is 2.57 bits per heavy atom. The average Bonchev–Trinajstić information content (AvgIpc) is 2.90. The Morgan fingerprint density at radius 2 is 1.87 bits per heavy atom. The second kappa shape index (κ2) is 6.99. The molecule has 1 saturated heterocycles. The van der Waals surface area contributed by atoms with Crippen LogP contribution in [-0.4, -0.2) is 42.4 Å². The average molecular weight is 309 g/mol. The fourth-order valence-electron chi connectivity index (χ4n) is 3.17. The Hall–Kier alpha value is -2.10. The van der Waals surface area contributed by atoms with Gasteiger partial charge in [-0.15, -0.1) is 0 Å². The molecule has 1 aliphatic heterocycles. The first-order valence-corrected chi connectivity index (χ1v) is 8.01. The van der Waals surface area contributed by atoms with Gasteiger partial charge in [-0.3, -0.25) is 4.90 Å². The molecular weight excluding hydrogens is 286 g/mol. The van der Waals surface area contributed by atoms with Gasteiger partial charge in [-0.2, -0.15) is 0 Å². The van der Waals surface area contributed by atoms with Gasteiger partial charge >= 0.3 is 0 Å². The molecule has 1 fully saturated rings. The minimum atomic E-state index is -0.245. The highest BCUT2D eigenvalue weighted by Gasteiger charge is 2.28. The van der Waals surface area contributed by atoms with Gasteiger partial charge in [-0.1, -0.05) is 55.1 Å². The van der Waals surface area contributed by atoms with Crippen LogP contribution in [0.1, 0.15) is 12.0 Å². The van der Waals surface area contributed by atoms with Gasteiger partial charge < -0.3 is 9.84 Å². The fourth-order valence-corrected chi connectivity index (χ4v) is 3.17. The number of aliphatic hydroxyl groups excluding tert-OH is 1. The van der Waals surface area contributed by atoms with E-state index >= 15 is 0 Å². The topological polar surface area (TPSA) is 32.7 Å². The van der Waals surface area contributed by atoms with E-state index in [0.717, 1.165) is 35.4 Å². The number of β-amino-alcohol motifs (C(OH)–C–C–N with tert-alkyl or cyclic N) is 1. The predicted octanol–water partition coefficient (Wildman–Crippen LogP) is 3.44. The van der Waals surface area contributed by atoms with Crippen molar-refractivity contribution in [3.8, 4) is 16.9 Å².